The first-order valence-corrected chi connectivity index (χ1v) is 7.31. The fourth-order valence-corrected chi connectivity index (χ4v) is 2.54. The zero-order chi connectivity index (χ0) is 14.5. The number of methoxy groups -OCH3 is 2. The lowest BCUT2D eigenvalue weighted by atomic mass is 10.3. The van der Waals surface area contributed by atoms with Gasteiger partial charge in [0.1, 0.15) is 11.5 Å². The second kappa shape index (κ2) is 6.74. The van der Waals surface area contributed by atoms with E-state index in [2.05, 4.69) is 10.0 Å². The molecule has 1 aromatic carbocycles. The average Bonchev–Trinajstić information content (AvgIpc) is 2.43. The summed E-state index contributed by atoms with van der Waals surface area (Å²) in [6.07, 6.45) is 0. The molecule has 0 spiro atoms. The van der Waals surface area contributed by atoms with Crippen molar-refractivity contribution in [3.8, 4) is 11.5 Å². The Balaban J connectivity index is 3.00. The second-order valence-electron chi connectivity index (χ2n) is 4.09. The molecule has 0 aliphatic rings. The van der Waals surface area contributed by atoms with Crippen molar-refractivity contribution in [2.45, 2.75) is 17.9 Å². The summed E-state index contributed by atoms with van der Waals surface area (Å²) in [6.45, 7) is 2.19. The maximum Gasteiger partial charge on any atom is 0.240 e. The first-order valence-electron chi connectivity index (χ1n) is 5.83. The number of ether oxygens (including phenoxy) is 2. The van der Waals surface area contributed by atoms with Crippen LogP contribution in [0.4, 0.5) is 0 Å². The third kappa shape index (κ3) is 4.38. The Labute approximate surface area is 114 Å². The minimum Gasteiger partial charge on any atom is -0.497 e. The summed E-state index contributed by atoms with van der Waals surface area (Å²) < 4.78 is 36.9. The molecule has 0 aromatic heterocycles. The number of hydrogen-bond acceptors (Lipinski definition) is 5. The molecule has 6 nitrogen and oxygen atoms in total. The van der Waals surface area contributed by atoms with E-state index in [4.69, 9.17) is 9.47 Å². The first kappa shape index (κ1) is 15.7. The van der Waals surface area contributed by atoms with E-state index in [-0.39, 0.29) is 10.9 Å². The summed E-state index contributed by atoms with van der Waals surface area (Å²) in [4.78, 5) is 0.118. The normalized spacial score (nSPS) is 13.1. The van der Waals surface area contributed by atoms with Crippen molar-refractivity contribution >= 4 is 10.0 Å². The Morgan fingerprint density at radius 1 is 1.16 bits per heavy atom. The predicted octanol–water partition coefficient (Wildman–Crippen LogP) is 0.590. The molecule has 0 saturated carbocycles. The number of nitrogens with one attached hydrogen (secondary N) is 2. The minimum atomic E-state index is -3.58. The van der Waals surface area contributed by atoms with Gasteiger partial charge in [0.25, 0.3) is 0 Å². The van der Waals surface area contributed by atoms with Crippen LogP contribution in [0.5, 0.6) is 11.5 Å². The fourth-order valence-electron chi connectivity index (χ4n) is 1.36. The minimum absolute atomic E-state index is 0.0438. The van der Waals surface area contributed by atoms with Gasteiger partial charge in [0.05, 0.1) is 19.1 Å². The van der Waals surface area contributed by atoms with Gasteiger partial charge in [0, 0.05) is 30.8 Å². The summed E-state index contributed by atoms with van der Waals surface area (Å²) in [5.74, 6) is 0.864. The SMILES string of the molecule is CNC(C)CNS(=O)(=O)c1cc(OC)cc(OC)c1. The second-order valence-corrected chi connectivity index (χ2v) is 5.86. The van der Waals surface area contributed by atoms with E-state index in [1.165, 1.54) is 26.4 Å². The summed E-state index contributed by atoms with van der Waals surface area (Å²) in [6, 6.07) is 4.57. The maximum atomic E-state index is 12.1. The third-order valence-electron chi connectivity index (χ3n) is 2.71. The molecule has 0 bridgehead atoms. The van der Waals surface area contributed by atoms with Gasteiger partial charge in [-0.05, 0) is 14.0 Å². The standard InChI is InChI=1S/C12H20N2O4S/c1-9(13-2)8-14-19(15,16)12-6-10(17-3)5-11(7-12)18-4/h5-7,9,13-14H,8H2,1-4H3. The molecular formula is C12H20N2O4S. The molecule has 7 heteroatoms. The Kier molecular flexibility index (Phi) is 5.59. The van der Waals surface area contributed by atoms with Crippen LogP contribution in [0.1, 0.15) is 6.92 Å². The summed E-state index contributed by atoms with van der Waals surface area (Å²) in [5.41, 5.74) is 0. The zero-order valence-electron chi connectivity index (χ0n) is 11.6. The van der Waals surface area contributed by atoms with Crippen LogP contribution in [0.3, 0.4) is 0 Å². The number of hydrogen-bond donors (Lipinski definition) is 2. The Morgan fingerprint density at radius 3 is 2.11 bits per heavy atom. The van der Waals surface area contributed by atoms with Crippen LogP contribution >= 0.6 is 0 Å². The Morgan fingerprint density at radius 2 is 1.68 bits per heavy atom. The van der Waals surface area contributed by atoms with Gasteiger partial charge in [0.15, 0.2) is 0 Å². The lowest BCUT2D eigenvalue weighted by Gasteiger charge is -2.13. The zero-order valence-corrected chi connectivity index (χ0v) is 12.4. The van der Waals surface area contributed by atoms with Crippen molar-refractivity contribution < 1.29 is 17.9 Å². The number of rotatable bonds is 7. The molecule has 1 rings (SSSR count). The molecule has 0 fully saturated rings. The topological polar surface area (TPSA) is 76.7 Å². The monoisotopic (exact) mass is 288 g/mol. The van der Waals surface area contributed by atoms with Gasteiger partial charge in [0.2, 0.25) is 10.0 Å². The molecule has 1 aromatic rings. The lowest BCUT2D eigenvalue weighted by molar-refractivity contribution is 0.392. The molecule has 0 aliphatic carbocycles. The summed E-state index contributed by atoms with van der Waals surface area (Å²) >= 11 is 0. The van der Waals surface area contributed by atoms with Crippen LogP contribution in [0.25, 0.3) is 0 Å². The van der Waals surface area contributed by atoms with Crippen molar-refractivity contribution in [3.63, 3.8) is 0 Å². The van der Waals surface area contributed by atoms with Gasteiger partial charge in [-0.1, -0.05) is 0 Å². The van der Waals surface area contributed by atoms with Gasteiger partial charge in [-0.2, -0.15) is 0 Å². The van der Waals surface area contributed by atoms with Crippen LogP contribution in [-0.4, -0.2) is 42.3 Å². The largest absolute Gasteiger partial charge is 0.497 e. The van der Waals surface area contributed by atoms with E-state index in [1.807, 2.05) is 6.92 Å². The van der Waals surface area contributed by atoms with Crippen molar-refractivity contribution in [2.75, 3.05) is 27.8 Å². The summed E-state index contributed by atoms with van der Waals surface area (Å²) in [7, 11) is 1.14. The molecule has 0 radical (unpaired) electrons. The van der Waals surface area contributed by atoms with Gasteiger partial charge in [-0.25, -0.2) is 13.1 Å². The van der Waals surface area contributed by atoms with E-state index in [1.54, 1.807) is 13.1 Å². The highest BCUT2D eigenvalue weighted by molar-refractivity contribution is 7.89. The summed E-state index contributed by atoms with van der Waals surface area (Å²) in [5, 5.41) is 2.96. The van der Waals surface area contributed by atoms with Crippen molar-refractivity contribution in [2.24, 2.45) is 0 Å². The number of likely N-dealkylation sites (N-methyl/N-ethyl adjacent to an activating group) is 1. The van der Waals surface area contributed by atoms with Gasteiger partial charge in [-0.15, -0.1) is 0 Å². The maximum absolute atomic E-state index is 12.1. The Hall–Kier alpha value is -1.31. The van der Waals surface area contributed by atoms with Gasteiger partial charge >= 0.3 is 0 Å². The highest BCUT2D eigenvalue weighted by Crippen LogP contribution is 2.25. The quantitative estimate of drug-likeness (QED) is 0.768. The highest BCUT2D eigenvalue weighted by Gasteiger charge is 2.17. The van der Waals surface area contributed by atoms with Crippen LogP contribution in [0.15, 0.2) is 23.1 Å². The molecule has 0 saturated heterocycles. The van der Waals surface area contributed by atoms with Crippen molar-refractivity contribution in [1.29, 1.82) is 0 Å². The molecule has 2 N–H and O–H groups in total. The van der Waals surface area contributed by atoms with E-state index < -0.39 is 10.0 Å². The van der Waals surface area contributed by atoms with Gasteiger partial charge in [-0.3, -0.25) is 0 Å². The van der Waals surface area contributed by atoms with Crippen molar-refractivity contribution in [3.05, 3.63) is 18.2 Å². The third-order valence-corrected chi connectivity index (χ3v) is 4.11. The number of sulfonamides is 1. The average molecular weight is 288 g/mol. The van der Waals surface area contributed by atoms with E-state index in [0.29, 0.717) is 18.0 Å². The number of benzene rings is 1. The molecule has 0 heterocycles. The molecular weight excluding hydrogens is 268 g/mol. The van der Waals surface area contributed by atoms with Gasteiger partial charge < -0.3 is 14.8 Å². The molecule has 0 amide bonds. The van der Waals surface area contributed by atoms with Crippen LogP contribution in [-0.2, 0) is 10.0 Å². The smallest absolute Gasteiger partial charge is 0.240 e. The van der Waals surface area contributed by atoms with Crippen LogP contribution in [0, 0.1) is 0 Å². The lowest BCUT2D eigenvalue weighted by Crippen LogP contribution is -2.37. The Bertz CT molecular complexity index is 494. The van der Waals surface area contributed by atoms with E-state index in [0.717, 1.165) is 0 Å². The van der Waals surface area contributed by atoms with Crippen molar-refractivity contribution in [1.82, 2.24) is 10.0 Å². The van der Waals surface area contributed by atoms with E-state index in [9.17, 15) is 8.42 Å². The molecule has 0 aliphatic heterocycles. The van der Waals surface area contributed by atoms with E-state index >= 15 is 0 Å². The predicted molar refractivity (Wildman–Crippen MR) is 73.3 cm³/mol. The fraction of sp³-hybridized carbons (Fsp3) is 0.500. The molecule has 1 atom stereocenters. The van der Waals surface area contributed by atoms with Crippen LogP contribution < -0.4 is 19.5 Å². The van der Waals surface area contributed by atoms with Crippen LogP contribution in [0.2, 0.25) is 0 Å². The molecule has 108 valence electrons. The highest BCUT2D eigenvalue weighted by atomic mass is 32.2. The molecule has 19 heavy (non-hydrogen) atoms. The first-order chi connectivity index (χ1) is 8.92. The molecule has 1 unspecified atom stereocenters.